The molecule has 0 unspecified atom stereocenters. The van der Waals surface area contributed by atoms with E-state index in [9.17, 15) is 0 Å². The van der Waals surface area contributed by atoms with Crippen LogP contribution in [0.5, 0.6) is 0 Å². The first kappa shape index (κ1) is 15.6. The zero-order valence-electron chi connectivity index (χ0n) is 12.5. The highest BCUT2D eigenvalue weighted by molar-refractivity contribution is 6.31. The second-order valence-electron chi connectivity index (χ2n) is 4.99. The summed E-state index contributed by atoms with van der Waals surface area (Å²) < 4.78 is 0. The Kier molecular flexibility index (Phi) is 5.81. The van der Waals surface area contributed by atoms with Crippen LogP contribution in [0.2, 0.25) is 5.02 Å². The van der Waals surface area contributed by atoms with Crippen LogP contribution in [0.15, 0.2) is 30.5 Å². The molecule has 21 heavy (non-hydrogen) atoms. The van der Waals surface area contributed by atoms with E-state index in [1.165, 1.54) is 12.8 Å². The molecule has 0 atom stereocenters. The summed E-state index contributed by atoms with van der Waals surface area (Å²) in [6, 6.07) is 7.68. The van der Waals surface area contributed by atoms with E-state index in [-0.39, 0.29) is 0 Å². The van der Waals surface area contributed by atoms with Gasteiger partial charge in [0.05, 0.1) is 0 Å². The summed E-state index contributed by atoms with van der Waals surface area (Å²) >= 11 is 6.12. The fourth-order valence-electron chi connectivity index (χ4n) is 1.91. The maximum atomic E-state index is 6.12. The predicted molar refractivity (Wildman–Crippen MR) is 89.5 cm³/mol. The average Bonchev–Trinajstić information content (AvgIpc) is 2.48. The molecule has 0 radical (unpaired) electrons. The summed E-state index contributed by atoms with van der Waals surface area (Å²) in [4.78, 5) is 8.67. The van der Waals surface area contributed by atoms with E-state index in [1.807, 2.05) is 31.2 Å². The Hall–Kier alpha value is -1.81. The number of nitrogens with zero attached hydrogens (tertiary/aromatic N) is 2. The van der Waals surface area contributed by atoms with Gasteiger partial charge >= 0.3 is 0 Å². The minimum Gasteiger partial charge on any atom is -0.370 e. The van der Waals surface area contributed by atoms with Gasteiger partial charge in [0, 0.05) is 23.5 Å². The number of unbranched alkanes of at least 4 members (excludes halogenated alkanes) is 2. The number of aromatic nitrogens is 2. The van der Waals surface area contributed by atoms with Gasteiger partial charge in [0.2, 0.25) is 5.95 Å². The summed E-state index contributed by atoms with van der Waals surface area (Å²) in [5, 5.41) is 7.21. The Morgan fingerprint density at radius 3 is 2.81 bits per heavy atom. The van der Waals surface area contributed by atoms with Crippen molar-refractivity contribution in [3.63, 3.8) is 0 Å². The van der Waals surface area contributed by atoms with E-state index in [2.05, 4.69) is 27.5 Å². The van der Waals surface area contributed by atoms with Gasteiger partial charge in [0.1, 0.15) is 5.82 Å². The smallest absolute Gasteiger partial charge is 0.229 e. The number of aryl methyl sites for hydroxylation is 1. The molecule has 2 aromatic rings. The van der Waals surface area contributed by atoms with Gasteiger partial charge in [-0.1, -0.05) is 37.4 Å². The van der Waals surface area contributed by atoms with Crippen LogP contribution in [-0.2, 0) is 0 Å². The molecule has 0 aliphatic heterocycles. The summed E-state index contributed by atoms with van der Waals surface area (Å²) in [6.45, 7) is 5.10. The third-order valence-electron chi connectivity index (χ3n) is 3.17. The quantitative estimate of drug-likeness (QED) is 0.722. The van der Waals surface area contributed by atoms with Crippen molar-refractivity contribution < 1.29 is 0 Å². The van der Waals surface area contributed by atoms with E-state index in [1.54, 1.807) is 6.20 Å². The SMILES string of the molecule is CCCCCNc1ccnc(Nc2ccc(C)c(Cl)c2)n1. The van der Waals surface area contributed by atoms with Gasteiger partial charge in [0.15, 0.2) is 0 Å². The molecule has 0 aliphatic carbocycles. The van der Waals surface area contributed by atoms with Gasteiger partial charge in [-0.25, -0.2) is 4.98 Å². The van der Waals surface area contributed by atoms with Crippen LogP contribution >= 0.6 is 11.6 Å². The second kappa shape index (κ2) is 7.84. The van der Waals surface area contributed by atoms with E-state index in [0.29, 0.717) is 5.95 Å². The molecule has 5 heteroatoms. The topological polar surface area (TPSA) is 49.8 Å². The van der Waals surface area contributed by atoms with Gasteiger partial charge in [-0.2, -0.15) is 4.98 Å². The van der Waals surface area contributed by atoms with Crippen LogP contribution in [0.25, 0.3) is 0 Å². The number of halogens is 1. The lowest BCUT2D eigenvalue weighted by atomic mass is 10.2. The first-order valence-corrected chi connectivity index (χ1v) is 7.67. The Morgan fingerprint density at radius 1 is 1.19 bits per heavy atom. The largest absolute Gasteiger partial charge is 0.370 e. The molecular formula is C16H21ClN4. The molecular weight excluding hydrogens is 284 g/mol. The van der Waals surface area contributed by atoms with E-state index in [0.717, 1.165) is 35.1 Å². The Morgan fingerprint density at radius 2 is 2.05 bits per heavy atom. The number of hydrogen-bond acceptors (Lipinski definition) is 4. The van der Waals surface area contributed by atoms with Gasteiger partial charge in [-0.3, -0.25) is 0 Å². The van der Waals surface area contributed by atoms with Gasteiger partial charge in [-0.15, -0.1) is 0 Å². The number of benzene rings is 1. The third kappa shape index (κ3) is 4.90. The molecule has 112 valence electrons. The molecule has 1 aromatic carbocycles. The van der Waals surface area contributed by atoms with Gasteiger partial charge < -0.3 is 10.6 Å². The number of anilines is 3. The molecule has 2 rings (SSSR count). The normalized spacial score (nSPS) is 10.4. The first-order chi connectivity index (χ1) is 10.2. The van der Waals surface area contributed by atoms with E-state index >= 15 is 0 Å². The van der Waals surface area contributed by atoms with Crippen LogP contribution in [-0.4, -0.2) is 16.5 Å². The maximum Gasteiger partial charge on any atom is 0.229 e. The lowest BCUT2D eigenvalue weighted by Crippen LogP contribution is -2.05. The van der Waals surface area contributed by atoms with Crippen LogP contribution in [0.1, 0.15) is 31.7 Å². The van der Waals surface area contributed by atoms with Crippen molar-refractivity contribution in [1.82, 2.24) is 9.97 Å². The summed E-state index contributed by atoms with van der Waals surface area (Å²) in [6.07, 6.45) is 5.33. The number of rotatable bonds is 7. The second-order valence-corrected chi connectivity index (χ2v) is 5.40. The van der Waals surface area contributed by atoms with Gasteiger partial charge in [0.25, 0.3) is 0 Å². The number of nitrogens with one attached hydrogen (secondary N) is 2. The molecule has 4 nitrogen and oxygen atoms in total. The predicted octanol–water partition coefficient (Wildman–Crippen LogP) is 4.78. The van der Waals surface area contributed by atoms with E-state index < -0.39 is 0 Å². The molecule has 0 aliphatic rings. The summed E-state index contributed by atoms with van der Waals surface area (Å²) in [7, 11) is 0. The maximum absolute atomic E-state index is 6.12. The minimum absolute atomic E-state index is 0.565. The van der Waals surface area contributed by atoms with E-state index in [4.69, 9.17) is 11.6 Å². The Labute approximate surface area is 131 Å². The minimum atomic E-state index is 0.565. The molecule has 0 fully saturated rings. The Balaban J connectivity index is 1.98. The van der Waals surface area contributed by atoms with Crippen molar-refractivity contribution >= 4 is 29.1 Å². The van der Waals surface area contributed by atoms with Crippen molar-refractivity contribution in [3.8, 4) is 0 Å². The highest BCUT2D eigenvalue weighted by Crippen LogP contribution is 2.22. The number of hydrogen-bond donors (Lipinski definition) is 2. The van der Waals surface area contributed by atoms with Crippen molar-refractivity contribution in [3.05, 3.63) is 41.0 Å². The van der Waals surface area contributed by atoms with Crippen LogP contribution < -0.4 is 10.6 Å². The van der Waals surface area contributed by atoms with Gasteiger partial charge in [-0.05, 0) is 37.1 Å². The van der Waals surface area contributed by atoms with Crippen molar-refractivity contribution in [2.75, 3.05) is 17.2 Å². The molecule has 1 heterocycles. The highest BCUT2D eigenvalue weighted by atomic mass is 35.5. The van der Waals surface area contributed by atoms with Crippen LogP contribution in [0, 0.1) is 6.92 Å². The molecule has 0 saturated carbocycles. The highest BCUT2D eigenvalue weighted by Gasteiger charge is 2.02. The van der Waals surface area contributed by atoms with Crippen LogP contribution in [0.4, 0.5) is 17.5 Å². The average molecular weight is 305 g/mol. The standard InChI is InChI=1S/C16H21ClN4/c1-3-4-5-9-18-15-8-10-19-16(21-15)20-13-7-6-12(2)14(17)11-13/h6-8,10-11H,3-5,9H2,1-2H3,(H2,18,19,20,21). The fraction of sp³-hybridized carbons (Fsp3) is 0.375. The molecule has 2 N–H and O–H groups in total. The van der Waals surface area contributed by atoms with Crippen molar-refractivity contribution in [2.24, 2.45) is 0 Å². The molecule has 0 bridgehead atoms. The first-order valence-electron chi connectivity index (χ1n) is 7.29. The zero-order valence-corrected chi connectivity index (χ0v) is 13.2. The lowest BCUT2D eigenvalue weighted by Gasteiger charge is -2.09. The van der Waals surface area contributed by atoms with Crippen molar-refractivity contribution in [2.45, 2.75) is 33.1 Å². The van der Waals surface area contributed by atoms with Crippen molar-refractivity contribution in [1.29, 1.82) is 0 Å². The lowest BCUT2D eigenvalue weighted by molar-refractivity contribution is 0.742. The molecule has 0 amide bonds. The molecule has 0 spiro atoms. The summed E-state index contributed by atoms with van der Waals surface area (Å²) in [5.74, 6) is 1.40. The Bertz CT molecular complexity index is 586. The zero-order chi connectivity index (χ0) is 15.1. The molecule has 1 aromatic heterocycles. The molecule has 0 saturated heterocycles. The third-order valence-corrected chi connectivity index (χ3v) is 3.58. The van der Waals surface area contributed by atoms with Crippen LogP contribution in [0.3, 0.4) is 0 Å². The summed E-state index contributed by atoms with van der Waals surface area (Å²) in [5.41, 5.74) is 1.93. The fourth-order valence-corrected chi connectivity index (χ4v) is 2.09. The monoisotopic (exact) mass is 304 g/mol.